The van der Waals surface area contributed by atoms with Gasteiger partial charge in [0.1, 0.15) is 5.82 Å². The molecule has 2 N–H and O–H groups in total. The van der Waals surface area contributed by atoms with Gasteiger partial charge in [-0.1, -0.05) is 17.7 Å². The normalized spacial score (nSPS) is 12.8. The van der Waals surface area contributed by atoms with Crippen molar-refractivity contribution in [2.45, 2.75) is 12.5 Å². The molecule has 3 rings (SSSR count). The maximum atomic E-state index is 13.8. The smallest absolute Gasteiger partial charge is 0.127 e. The molecule has 2 heterocycles. The van der Waals surface area contributed by atoms with Crippen molar-refractivity contribution < 1.29 is 4.39 Å². The van der Waals surface area contributed by atoms with Crippen molar-refractivity contribution in [2.24, 2.45) is 5.73 Å². The molecule has 0 aliphatic heterocycles. The molecular weight excluding hydrogens is 295 g/mol. The van der Waals surface area contributed by atoms with E-state index in [1.807, 2.05) is 17.5 Å². The number of rotatable bonds is 3. The van der Waals surface area contributed by atoms with Crippen molar-refractivity contribution >= 4 is 33.2 Å². The largest absolute Gasteiger partial charge is 0.324 e. The van der Waals surface area contributed by atoms with Crippen molar-refractivity contribution in [3.63, 3.8) is 0 Å². The first-order chi connectivity index (χ1) is 9.65. The molecule has 5 heteroatoms. The Hall–Kier alpha value is -1.49. The Bertz CT molecular complexity index is 736. The van der Waals surface area contributed by atoms with Crippen LogP contribution in [0.5, 0.6) is 0 Å². The summed E-state index contributed by atoms with van der Waals surface area (Å²) in [5, 5.41) is 2.39. The van der Waals surface area contributed by atoms with Crippen LogP contribution in [0.4, 0.5) is 4.39 Å². The van der Waals surface area contributed by atoms with Crippen molar-refractivity contribution in [1.82, 2.24) is 4.98 Å². The van der Waals surface area contributed by atoms with Gasteiger partial charge in [0.2, 0.25) is 0 Å². The van der Waals surface area contributed by atoms with E-state index < -0.39 is 0 Å². The van der Waals surface area contributed by atoms with Crippen molar-refractivity contribution in [2.75, 3.05) is 0 Å². The number of nitrogens with two attached hydrogens (primary N) is 1. The minimum absolute atomic E-state index is 0.321. The second-order valence-corrected chi connectivity index (χ2v) is 5.94. The van der Waals surface area contributed by atoms with E-state index >= 15 is 0 Å². The van der Waals surface area contributed by atoms with Gasteiger partial charge in [-0.15, -0.1) is 11.3 Å². The Morgan fingerprint density at radius 1 is 1.35 bits per heavy atom. The summed E-state index contributed by atoms with van der Waals surface area (Å²) in [6.07, 6.45) is 2.10. The second-order valence-electron chi connectivity index (χ2n) is 4.58. The molecule has 102 valence electrons. The van der Waals surface area contributed by atoms with Crippen LogP contribution < -0.4 is 5.73 Å². The van der Waals surface area contributed by atoms with E-state index in [0.29, 0.717) is 17.0 Å². The molecule has 0 spiro atoms. The third kappa shape index (κ3) is 2.54. The second kappa shape index (κ2) is 5.48. The summed E-state index contributed by atoms with van der Waals surface area (Å²) in [5.41, 5.74) is 8.46. The Kier molecular flexibility index (Phi) is 3.70. The van der Waals surface area contributed by atoms with Gasteiger partial charge in [0.05, 0.1) is 10.2 Å². The van der Waals surface area contributed by atoms with Gasteiger partial charge >= 0.3 is 0 Å². The minimum atomic E-state index is -0.330. The summed E-state index contributed by atoms with van der Waals surface area (Å²) in [4.78, 5) is 4.35. The molecule has 0 aliphatic carbocycles. The van der Waals surface area contributed by atoms with Gasteiger partial charge in [0.25, 0.3) is 0 Å². The zero-order chi connectivity index (χ0) is 14.1. The fourth-order valence-corrected chi connectivity index (χ4v) is 3.16. The average molecular weight is 307 g/mol. The first kappa shape index (κ1) is 13.5. The molecule has 1 aromatic carbocycles. The zero-order valence-electron chi connectivity index (χ0n) is 10.5. The van der Waals surface area contributed by atoms with E-state index in [2.05, 4.69) is 4.98 Å². The summed E-state index contributed by atoms with van der Waals surface area (Å²) >= 11 is 7.64. The molecule has 0 bridgehead atoms. The summed E-state index contributed by atoms with van der Waals surface area (Å²) < 4.78 is 14.9. The highest BCUT2D eigenvalue weighted by atomic mass is 35.5. The highest BCUT2D eigenvalue weighted by Gasteiger charge is 2.14. The molecule has 2 aromatic heterocycles. The molecule has 20 heavy (non-hydrogen) atoms. The predicted octanol–water partition coefficient (Wildman–Crippen LogP) is 4.33. The first-order valence-corrected chi connectivity index (χ1v) is 7.42. The van der Waals surface area contributed by atoms with Crippen molar-refractivity contribution in [1.29, 1.82) is 0 Å². The molecule has 0 saturated heterocycles. The lowest BCUT2D eigenvalue weighted by molar-refractivity contribution is 0.593. The Morgan fingerprint density at radius 2 is 2.20 bits per heavy atom. The Labute approximate surface area is 125 Å². The average Bonchev–Trinajstić information content (AvgIpc) is 2.90. The number of benzene rings is 1. The quantitative estimate of drug-likeness (QED) is 0.782. The monoisotopic (exact) mass is 306 g/mol. The van der Waals surface area contributed by atoms with Crippen molar-refractivity contribution in [3.05, 3.63) is 63.9 Å². The molecule has 0 fully saturated rings. The standard InChI is InChI=1S/C15H12ClFN2S/c16-11-2-1-3-12(17)10(11)7-13(18)9-6-15-14(19-8-9)4-5-20-15/h1-6,8,13H,7,18H2. The summed E-state index contributed by atoms with van der Waals surface area (Å²) in [6.45, 7) is 0. The van der Waals surface area contributed by atoms with E-state index in [-0.39, 0.29) is 11.9 Å². The molecule has 0 saturated carbocycles. The molecular formula is C15H12ClFN2S. The Balaban J connectivity index is 1.90. The fourth-order valence-electron chi connectivity index (χ4n) is 2.13. The maximum Gasteiger partial charge on any atom is 0.127 e. The zero-order valence-corrected chi connectivity index (χ0v) is 12.1. The van der Waals surface area contributed by atoms with Gasteiger partial charge < -0.3 is 5.73 Å². The first-order valence-electron chi connectivity index (χ1n) is 6.17. The van der Waals surface area contributed by atoms with Crippen molar-refractivity contribution in [3.8, 4) is 0 Å². The number of pyridine rings is 1. The lowest BCUT2D eigenvalue weighted by Gasteiger charge is -2.13. The van der Waals surface area contributed by atoms with E-state index in [1.54, 1.807) is 29.7 Å². The number of hydrogen-bond acceptors (Lipinski definition) is 3. The number of aromatic nitrogens is 1. The third-order valence-corrected chi connectivity index (χ3v) is 4.44. The van der Waals surface area contributed by atoms with E-state index in [4.69, 9.17) is 17.3 Å². The van der Waals surface area contributed by atoms with Gasteiger partial charge in [0.15, 0.2) is 0 Å². The number of nitrogens with zero attached hydrogens (tertiary/aromatic N) is 1. The van der Waals surface area contributed by atoms with Gasteiger partial charge in [0, 0.05) is 22.8 Å². The summed E-state index contributed by atoms with van der Waals surface area (Å²) in [7, 11) is 0. The Morgan fingerprint density at radius 3 is 3.00 bits per heavy atom. The predicted molar refractivity (Wildman–Crippen MR) is 81.7 cm³/mol. The van der Waals surface area contributed by atoms with Crippen LogP contribution in [-0.4, -0.2) is 4.98 Å². The number of thiophene rings is 1. The molecule has 1 unspecified atom stereocenters. The number of halogens is 2. The van der Waals surface area contributed by atoms with Crippen LogP contribution in [0.2, 0.25) is 5.02 Å². The van der Waals surface area contributed by atoms with Gasteiger partial charge in [-0.25, -0.2) is 4.39 Å². The lowest BCUT2D eigenvalue weighted by Crippen LogP contribution is -2.14. The highest BCUT2D eigenvalue weighted by Crippen LogP contribution is 2.27. The van der Waals surface area contributed by atoms with Crippen LogP contribution >= 0.6 is 22.9 Å². The van der Waals surface area contributed by atoms with Crippen LogP contribution in [0.25, 0.3) is 10.2 Å². The lowest BCUT2D eigenvalue weighted by atomic mass is 10.0. The van der Waals surface area contributed by atoms with Crippen LogP contribution in [0, 0.1) is 5.82 Å². The topological polar surface area (TPSA) is 38.9 Å². The number of fused-ring (bicyclic) bond motifs is 1. The molecule has 0 radical (unpaired) electrons. The highest BCUT2D eigenvalue weighted by molar-refractivity contribution is 7.17. The van der Waals surface area contributed by atoms with E-state index in [9.17, 15) is 4.39 Å². The van der Waals surface area contributed by atoms with Crippen LogP contribution in [-0.2, 0) is 6.42 Å². The minimum Gasteiger partial charge on any atom is -0.324 e. The molecule has 0 aliphatic rings. The summed E-state index contributed by atoms with van der Waals surface area (Å²) in [5.74, 6) is -0.321. The maximum absolute atomic E-state index is 13.8. The SMILES string of the molecule is NC(Cc1c(F)cccc1Cl)c1cnc2ccsc2c1. The van der Waals surface area contributed by atoms with E-state index in [0.717, 1.165) is 15.8 Å². The van der Waals surface area contributed by atoms with Gasteiger partial charge in [-0.3, -0.25) is 4.98 Å². The molecule has 2 nitrogen and oxygen atoms in total. The molecule has 0 amide bonds. The van der Waals surface area contributed by atoms with Crippen LogP contribution in [0.3, 0.4) is 0 Å². The van der Waals surface area contributed by atoms with Gasteiger partial charge in [-0.2, -0.15) is 0 Å². The molecule has 3 aromatic rings. The molecule has 1 atom stereocenters. The van der Waals surface area contributed by atoms with Crippen LogP contribution in [0.15, 0.2) is 41.9 Å². The van der Waals surface area contributed by atoms with Gasteiger partial charge in [-0.05, 0) is 41.6 Å². The number of hydrogen-bond donors (Lipinski definition) is 1. The van der Waals surface area contributed by atoms with Crippen LogP contribution in [0.1, 0.15) is 17.2 Å². The third-order valence-electron chi connectivity index (χ3n) is 3.24. The summed E-state index contributed by atoms with van der Waals surface area (Å²) in [6, 6.07) is 8.30. The van der Waals surface area contributed by atoms with E-state index in [1.165, 1.54) is 6.07 Å². The fraction of sp³-hybridized carbons (Fsp3) is 0.133.